The van der Waals surface area contributed by atoms with E-state index in [0.29, 0.717) is 23.3 Å². The van der Waals surface area contributed by atoms with Gasteiger partial charge in [-0.2, -0.15) is 0 Å². The monoisotopic (exact) mass is 528 g/mol. The first-order valence-electron chi connectivity index (χ1n) is 12.2. The number of amides is 1. The number of nitrogens with one attached hydrogen (secondary N) is 1. The molecule has 1 amide bonds. The maximum absolute atomic E-state index is 13.5. The number of ether oxygens (including phenoxy) is 2. The first kappa shape index (κ1) is 25.7. The zero-order valence-corrected chi connectivity index (χ0v) is 21.2. The maximum Gasteiger partial charge on any atom is 0.337 e. The second kappa shape index (κ2) is 10.4. The van der Waals surface area contributed by atoms with E-state index in [0.717, 1.165) is 28.6 Å². The van der Waals surface area contributed by atoms with Crippen molar-refractivity contribution in [2.45, 2.75) is 12.5 Å². The number of hydrogen-bond acceptors (Lipinski definition) is 6. The molecular formula is C30H25FN2O6. The summed E-state index contributed by atoms with van der Waals surface area (Å²) in [5.74, 6) is -2.37. The lowest BCUT2D eigenvalue weighted by atomic mass is 9.94. The number of aliphatic hydroxyl groups is 1. The van der Waals surface area contributed by atoms with Gasteiger partial charge in [0.05, 0.1) is 31.4 Å². The number of carbonyl (C=O) groups excluding carboxylic acids is 3. The molecule has 2 heterocycles. The van der Waals surface area contributed by atoms with Crippen LogP contribution >= 0.6 is 0 Å². The predicted octanol–water partition coefficient (Wildman–Crippen LogP) is 4.77. The Hall–Kier alpha value is -4.92. The van der Waals surface area contributed by atoms with Crippen molar-refractivity contribution in [2.75, 3.05) is 20.8 Å². The Labute approximate surface area is 223 Å². The number of aromatic nitrogens is 1. The largest absolute Gasteiger partial charge is 0.507 e. The van der Waals surface area contributed by atoms with Crippen LogP contribution < -0.4 is 4.74 Å². The minimum Gasteiger partial charge on any atom is -0.507 e. The first-order valence-corrected chi connectivity index (χ1v) is 12.2. The molecule has 0 aliphatic carbocycles. The molecule has 0 saturated carbocycles. The maximum atomic E-state index is 13.5. The Kier molecular flexibility index (Phi) is 6.89. The second-order valence-corrected chi connectivity index (χ2v) is 9.09. The van der Waals surface area contributed by atoms with Gasteiger partial charge in [0.1, 0.15) is 17.3 Å². The van der Waals surface area contributed by atoms with Gasteiger partial charge in [-0.25, -0.2) is 9.18 Å². The van der Waals surface area contributed by atoms with E-state index in [9.17, 15) is 23.9 Å². The topological polar surface area (TPSA) is 109 Å². The van der Waals surface area contributed by atoms with Crippen LogP contribution in [-0.4, -0.2) is 53.4 Å². The molecule has 2 N–H and O–H groups in total. The molecular weight excluding hydrogens is 503 g/mol. The summed E-state index contributed by atoms with van der Waals surface area (Å²) in [5, 5.41) is 12.1. The van der Waals surface area contributed by atoms with Gasteiger partial charge in [0.2, 0.25) is 0 Å². The summed E-state index contributed by atoms with van der Waals surface area (Å²) in [6, 6.07) is 16.0. The van der Waals surface area contributed by atoms with Crippen molar-refractivity contribution in [3.8, 4) is 5.75 Å². The summed E-state index contributed by atoms with van der Waals surface area (Å²) in [4.78, 5) is 43.1. The minimum atomic E-state index is -0.929. The summed E-state index contributed by atoms with van der Waals surface area (Å²) >= 11 is 0. The van der Waals surface area contributed by atoms with E-state index >= 15 is 0 Å². The van der Waals surface area contributed by atoms with Crippen LogP contribution in [0, 0.1) is 5.82 Å². The van der Waals surface area contributed by atoms with Crippen LogP contribution in [0.15, 0.2) is 78.5 Å². The SMILES string of the molecule is COC(=O)c1ccc(C2/C(=C(/O)c3ccc(F)cc3)C(=O)C(=O)N2CCc2c[nH]c3ccc(OC)cc23)cc1. The van der Waals surface area contributed by atoms with E-state index in [1.807, 2.05) is 24.4 Å². The number of halogens is 1. The van der Waals surface area contributed by atoms with Gasteiger partial charge < -0.3 is 24.5 Å². The predicted molar refractivity (Wildman–Crippen MR) is 142 cm³/mol. The molecule has 1 unspecified atom stereocenters. The van der Waals surface area contributed by atoms with Crippen LogP contribution in [0.3, 0.4) is 0 Å². The van der Waals surface area contributed by atoms with Crippen LogP contribution in [0.2, 0.25) is 0 Å². The van der Waals surface area contributed by atoms with E-state index in [1.54, 1.807) is 19.2 Å². The van der Waals surface area contributed by atoms with E-state index in [1.165, 1.54) is 36.3 Å². The Morgan fingerprint density at radius 2 is 1.69 bits per heavy atom. The van der Waals surface area contributed by atoms with E-state index in [2.05, 4.69) is 4.98 Å². The standard InChI is InChI=1S/C30H25FN2O6/c1-38-22-11-12-24-23(15-22)20(16-32-24)13-14-33-26(17-3-5-19(6-4-17)30(37)39-2)25(28(35)29(33)36)27(34)18-7-9-21(31)10-8-18/h3-12,15-16,26,32,34H,13-14H2,1-2H3/b27-25-. The lowest BCUT2D eigenvalue weighted by Gasteiger charge is -2.25. The van der Waals surface area contributed by atoms with Crippen molar-refractivity contribution in [3.05, 3.63) is 107 Å². The molecule has 1 aromatic heterocycles. The highest BCUT2D eigenvalue weighted by Crippen LogP contribution is 2.40. The number of aliphatic hydroxyl groups excluding tert-OH is 1. The van der Waals surface area contributed by atoms with Gasteiger partial charge in [-0.3, -0.25) is 9.59 Å². The number of rotatable bonds is 7. The average Bonchev–Trinajstić information content (AvgIpc) is 3.48. The third-order valence-electron chi connectivity index (χ3n) is 6.90. The molecule has 1 fully saturated rings. The van der Waals surface area contributed by atoms with Gasteiger partial charge in [-0.05, 0) is 72.1 Å². The van der Waals surface area contributed by atoms with Crippen LogP contribution in [0.25, 0.3) is 16.7 Å². The molecule has 1 aliphatic heterocycles. The van der Waals surface area contributed by atoms with Crippen LogP contribution in [0.1, 0.15) is 33.1 Å². The molecule has 0 radical (unpaired) electrons. The molecule has 1 aliphatic rings. The molecule has 39 heavy (non-hydrogen) atoms. The highest BCUT2D eigenvalue weighted by molar-refractivity contribution is 6.46. The number of ketones is 1. The zero-order chi connectivity index (χ0) is 27.7. The molecule has 9 heteroatoms. The lowest BCUT2D eigenvalue weighted by molar-refractivity contribution is -0.139. The van der Waals surface area contributed by atoms with Gasteiger partial charge in [-0.15, -0.1) is 0 Å². The van der Waals surface area contributed by atoms with Crippen molar-refractivity contribution < 1.29 is 33.4 Å². The lowest BCUT2D eigenvalue weighted by Crippen LogP contribution is -2.31. The van der Waals surface area contributed by atoms with Gasteiger partial charge in [-0.1, -0.05) is 12.1 Å². The van der Waals surface area contributed by atoms with E-state index in [-0.39, 0.29) is 17.7 Å². The number of methoxy groups -OCH3 is 2. The van der Waals surface area contributed by atoms with Gasteiger partial charge >= 0.3 is 5.97 Å². The molecule has 3 aromatic carbocycles. The summed E-state index contributed by atoms with van der Waals surface area (Å²) in [6.07, 6.45) is 2.26. The molecule has 0 spiro atoms. The summed E-state index contributed by atoms with van der Waals surface area (Å²) in [6.45, 7) is 0.165. The van der Waals surface area contributed by atoms with Gasteiger partial charge in [0.15, 0.2) is 0 Å². The summed E-state index contributed by atoms with van der Waals surface area (Å²) < 4.78 is 23.6. The average molecular weight is 529 g/mol. The third-order valence-corrected chi connectivity index (χ3v) is 6.90. The fraction of sp³-hybridized carbons (Fsp3) is 0.167. The molecule has 1 saturated heterocycles. The number of benzene rings is 3. The van der Waals surface area contributed by atoms with Gasteiger partial charge in [0.25, 0.3) is 11.7 Å². The van der Waals surface area contributed by atoms with Crippen molar-refractivity contribution in [1.82, 2.24) is 9.88 Å². The fourth-order valence-corrected chi connectivity index (χ4v) is 4.87. The molecule has 5 rings (SSSR count). The zero-order valence-electron chi connectivity index (χ0n) is 21.2. The smallest absolute Gasteiger partial charge is 0.337 e. The van der Waals surface area contributed by atoms with E-state index < -0.39 is 35.3 Å². The number of hydrogen-bond donors (Lipinski definition) is 2. The molecule has 0 bridgehead atoms. The number of carbonyl (C=O) groups is 3. The number of aromatic amines is 1. The van der Waals surface area contributed by atoms with Crippen LogP contribution in [0.5, 0.6) is 5.75 Å². The Morgan fingerprint density at radius 1 is 1.00 bits per heavy atom. The van der Waals surface area contributed by atoms with Crippen LogP contribution in [0.4, 0.5) is 4.39 Å². The number of Topliss-reactive ketones (excluding diaryl/α,β-unsaturated/α-hetero) is 1. The normalized spacial score (nSPS) is 16.6. The van der Waals surface area contributed by atoms with Gasteiger partial charge in [0, 0.05) is 29.2 Å². The van der Waals surface area contributed by atoms with E-state index in [4.69, 9.17) is 9.47 Å². The number of fused-ring (bicyclic) bond motifs is 1. The molecule has 198 valence electrons. The first-order chi connectivity index (χ1) is 18.8. The van der Waals surface area contributed by atoms with Crippen molar-refractivity contribution >= 4 is 34.3 Å². The van der Waals surface area contributed by atoms with Crippen LogP contribution in [-0.2, 0) is 20.7 Å². The Balaban J connectivity index is 1.55. The number of esters is 1. The highest BCUT2D eigenvalue weighted by Gasteiger charge is 2.46. The highest BCUT2D eigenvalue weighted by atomic mass is 19.1. The van der Waals surface area contributed by atoms with Crippen molar-refractivity contribution in [3.63, 3.8) is 0 Å². The number of H-pyrrole nitrogens is 1. The Morgan fingerprint density at radius 3 is 2.36 bits per heavy atom. The van der Waals surface area contributed by atoms with Crippen molar-refractivity contribution in [1.29, 1.82) is 0 Å². The minimum absolute atomic E-state index is 0.113. The summed E-state index contributed by atoms with van der Waals surface area (Å²) in [7, 11) is 2.85. The molecule has 4 aromatic rings. The van der Waals surface area contributed by atoms with Crippen molar-refractivity contribution in [2.24, 2.45) is 0 Å². The number of nitrogens with zero attached hydrogens (tertiary/aromatic N) is 1. The summed E-state index contributed by atoms with van der Waals surface area (Å²) in [5.41, 5.74) is 2.73. The third kappa shape index (κ3) is 4.74. The quantitative estimate of drug-likeness (QED) is 0.155. The number of likely N-dealkylation sites (tertiary alicyclic amines) is 1. The molecule has 8 nitrogen and oxygen atoms in total. The second-order valence-electron chi connectivity index (χ2n) is 9.09. The fourth-order valence-electron chi connectivity index (χ4n) is 4.87. The molecule has 1 atom stereocenters. The Bertz CT molecular complexity index is 1600.